The normalized spacial score (nSPS) is 20.5. The molecule has 3 aromatic rings. The van der Waals surface area contributed by atoms with Crippen molar-refractivity contribution >= 4 is 27.5 Å². The Morgan fingerprint density at radius 1 is 1.00 bits per heavy atom. The zero-order valence-corrected chi connectivity index (χ0v) is 20.3. The summed E-state index contributed by atoms with van der Waals surface area (Å²) in [7, 11) is -2.91. The molecule has 9 nitrogen and oxygen atoms in total. The summed E-state index contributed by atoms with van der Waals surface area (Å²) in [4.78, 5) is 18.3. The van der Waals surface area contributed by atoms with Gasteiger partial charge in [0.15, 0.2) is 15.7 Å². The smallest absolute Gasteiger partial charge is 0.255 e. The number of sulfone groups is 1. The van der Waals surface area contributed by atoms with Crippen LogP contribution in [-0.2, 0) is 15.6 Å². The number of hydrogen-bond donors (Lipinski definition) is 0. The van der Waals surface area contributed by atoms with E-state index < -0.39 is 9.84 Å². The van der Waals surface area contributed by atoms with E-state index in [1.54, 1.807) is 4.68 Å². The van der Waals surface area contributed by atoms with Crippen molar-refractivity contribution in [2.75, 3.05) is 37.7 Å². The molecule has 1 atom stereocenters. The number of thioether (sulfide) groups is 1. The van der Waals surface area contributed by atoms with Gasteiger partial charge in [0.2, 0.25) is 0 Å². The van der Waals surface area contributed by atoms with E-state index in [1.165, 1.54) is 11.8 Å². The number of benzene rings is 2. The Morgan fingerprint density at radius 3 is 2.47 bits per heavy atom. The Morgan fingerprint density at radius 2 is 1.74 bits per heavy atom. The highest BCUT2D eigenvalue weighted by Gasteiger charge is 2.34. The number of piperazine rings is 1. The van der Waals surface area contributed by atoms with E-state index >= 15 is 0 Å². The van der Waals surface area contributed by atoms with Crippen LogP contribution in [0.25, 0.3) is 5.69 Å². The van der Waals surface area contributed by atoms with Crippen LogP contribution in [0, 0.1) is 0 Å². The maximum Gasteiger partial charge on any atom is 0.255 e. The molecule has 2 aromatic carbocycles. The maximum absolute atomic E-state index is 13.4. The predicted octanol–water partition coefficient (Wildman–Crippen LogP) is 1.90. The topological polar surface area (TPSA) is 101 Å². The van der Waals surface area contributed by atoms with Gasteiger partial charge in [-0.05, 0) is 41.1 Å². The predicted molar refractivity (Wildman–Crippen MR) is 130 cm³/mol. The van der Waals surface area contributed by atoms with Crippen LogP contribution in [0.5, 0.6) is 0 Å². The van der Waals surface area contributed by atoms with Gasteiger partial charge in [-0.2, -0.15) is 4.68 Å². The minimum atomic E-state index is -2.91. The SMILES string of the molecule is O=C(c1ccccc1SCc1nnnn1-c1ccccc1)N1CCN(C2CCS(=O)(=O)C2)CC1. The minimum Gasteiger partial charge on any atom is -0.336 e. The first kappa shape index (κ1) is 23.0. The molecule has 0 aliphatic carbocycles. The van der Waals surface area contributed by atoms with Gasteiger partial charge < -0.3 is 4.90 Å². The lowest BCUT2D eigenvalue weighted by Gasteiger charge is -2.37. The number of carbonyl (C=O) groups excluding carboxylic acids is 1. The first-order valence-corrected chi connectivity index (χ1v) is 14.1. The number of para-hydroxylation sites is 1. The van der Waals surface area contributed by atoms with Gasteiger partial charge in [0.1, 0.15) is 0 Å². The fraction of sp³-hybridized carbons (Fsp3) is 0.391. The van der Waals surface area contributed by atoms with Gasteiger partial charge in [0, 0.05) is 37.1 Å². The standard InChI is InChI=1S/C23H26N6O3S2/c30-23(28-13-11-27(12-14-28)19-10-15-34(31,32)17-19)20-8-4-5-9-21(20)33-16-22-24-25-26-29(22)18-6-2-1-3-7-18/h1-9,19H,10-17H2. The van der Waals surface area contributed by atoms with Crippen molar-refractivity contribution in [1.82, 2.24) is 30.0 Å². The van der Waals surface area contributed by atoms with Crippen LogP contribution >= 0.6 is 11.8 Å². The molecule has 0 saturated carbocycles. The summed E-state index contributed by atoms with van der Waals surface area (Å²) in [6.07, 6.45) is 0.693. The number of tetrazole rings is 1. The zero-order valence-electron chi connectivity index (χ0n) is 18.7. The van der Waals surface area contributed by atoms with Crippen LogP contribution in [0.2, 0.25) is 0 Å². The van der Waals surface area contributed by atoms with Crippen molar-refractivity contribution in [3.63, 3.8) is 0 Å². The lowest BCUT2D eigenvalue weighted by atomic mass is 10.1. The number of rotatable bonds is 6. The van der Waals surface area contributed by atoms with Crippen molar-refractivity contribution in [3.05, 3.63) is 66.0 Å². The van der Waals surface area contributed by atoms with E-state index in [1.807, 2.05) is 59.5 Å². The van der Waals surface area contributed by atoms with E-state index in [9.17, 15) is 13.2 Å². The van der Waals surface area contributed by atoms with Crippen molar-refractivity contribution in [3.8, 4) is 5.69 Å². The van der Waals surface area contributed by atoms with Gasteiger partial charge in [-0.25, -0.2) is 8.42 Å². The average Bonchev–Trinajstić information content (AvgIpc) is 3.49. The summed E-state index contributed by atoms with van der Waals surface area (Å²) < 4.78 is 25.3. The Balaban J connectivity index is 1.24. The van der Waals surface area contributed by atoms with Crippen molar-refractivity contribution in [1.29, 1.82) is 0 Å². The molecule has 1 amide bonds. The average molecular weight is 499 g/mol. The first-order valence-electron chi connectivity index (χ1n) is 11.3. The van der Waals surface area contributed by atoms with Gasteiger partial charge in [-0.3, -0.25) is 9.69 Å². The highest BCUT2D eigenvalue weighted by atomic mass is 32.2. The summed E-state index contributed by atoms with van der Waals surface area (Å²) in [5.41, 5.74) is 1.56. The van der Waals surface area contributed by atoms with Crippen LogP contribution < -0.4 is 0 Å². The Labute approximate surface area is 203 Å². The van der Waals surface area contributed by atoms with Gasteiger partial charge >= 0.3 is 0 Å². The Bertz CT molecular complexity index is 1260. The number of aromatic nitrogens is 4. The fourth-order valence-electron chi connectivity index (χ4n) is 4.50. The molecule has 0 bridgehead atoms. The summed E-state index contributed by atoms with van der Waals surface area (Å²) >= 11 is 1.54. The van der Waals surface area contributed by atoms with Gasteiger partial charge in [0.25, 0.3) is 5.91 Å². The largest absolute Gasteiger partial charge is 0.336 e. The van der Waals surface area contributed by atoms with Crippen LogP contribution in [0.4, 0.5) is 0 Å². The third kappa shape index (κ3) is 5.01. The molecule has 3 heterocycles. The fourth-order valence-corrected chi connectivity index (χ4v) is 7.21. The number of nitrogens with zero attached hydrogens (tertiary/aromatic N) is 6. The summed E-state index contributed by atoms with van der Waals surface area (Å²) in [5, 5.41) is 12.1. The quantitative estimate of drug-likeness (QED) is 0.475. The Kier molecular flexibility index (Phi) is 6.66. The molecular formula is C23H26N6O3S2. The maximum atomic E-state index is 13.4. The third-order valence-corrected chi connectivity index (χ3v) is 9.16. The van der Waals surface area contributed by atoms with Crippen molar-refractivity contribution in [2.45, 2.75) is 23.1 Å². The van der Waals surface area contributed by atoms with Crippen LogP contribution in [0.3, 0.4) is 0 Å². The molecule has 11 heteroatoms. The lowest BCUT2D eigenvalue weighted by molar-refractivity contribution is 0.0584. The molecule has 34 heavy (non-hydrogen) atoms. The molecule has 2 saturated heterocycles. The summed E-state index contributed by atoms with van der Waals surface area (Å²) in [5.74, 6) is 1.75. The lowest BCUT2D eigenvalue weighted by Crippen LogP contribution is -2.52. The van der Waals surface area contributed by atoms with Gasteiger partial charge in [-0.15, -0.1) is 16.9 Å². The number of hydrogen-bond acceptors (Lipinski definition) is 8. The molecule has 2 aliphatic heterocycles. The highest BCUT2D eigenvalue weighted by molar-refractivity contribution is 7.98. The monoisotopic (exact) mass is 498 g/mol. The molecule has 0 radical (unpaired) electrons. The molecule has 2 fully saturated rings. The van der Waals surface area contributed by atoms with E-state index in [0.717, 1.165) is 10.6 Å². The van der Waals surface area contributed by atoms with Crippen LogP contribution in [0.15, 0.2) is 59.5 Å². The second kappa shape index (κ2) is 9.85. The van der Waals surface area contributed by atoms with Crippen molar-refractivity contribution in [2.24, 2.45) is 0 Å². The highest BCUT2D eigenvalue weighted by Crippen LogP contribution is 2.28. The van der Waals surface area contributed by atoms with Crippen LogP contribution in [-0.4, -0.2) is 88.1 Å². The molecule has 1 unspecified atom stereocenters. The molecule has 0 spiro atoms. The number of carbonyl (C=O) groups is 1. The Hall–Kier alpha value is -2.76. The second-order valence-corrected chi connectivity index (χ2v) is 11.8. The molecule has 2 aliphatic rings. The van der Waals surface area contributed by atoms with Gasteiger partial charge in [-0.1, -0.05) is 30.3 Å². The van der Waals surface area contributed by atoms with E-state index in [-0.39, 0.29) is 23.5 Å². The van der Waals surface area contributed by atoms with Crippen molar-refractivity contribution < 1.29 is 13.2 Å². The van der Waals surface area contributed by atoms with E-state index in [0.29, 0.717) is 49.7 Å². The summed E-state index contributed by atoms with van der Waals surface area (Å²) in [6.45, 7) is 2.60. The van der Waals surface area contributed by atoms with E-state index in [2.05, 4.69) is 20.4 Å². The zero-order chi connectivity index (χ0) is 23.5. The molecule has 178 valence electrons. The number of amides is 1. The molecule has 1 aromatic heterocycles. The van der Waals surface area contributed by atoms with Crippen LogP contribution in [0.1, 0.15) is 22.6 Å². The first-order chi connectivity index (χ1) is 16.5. The summed E-state index contributed by atoms with van der Waals surface area (Å²) in [6, 6.07) is 17.4. The third-order valence-electron chi connectivity index (χ3n) is 6.34. The molecular weight excluding hydrogens is 472 g/mol. The van der Waals surface area contributed by atoms with Gasteiger partial charge in [0.05, 0.1) is 28.5 Å². The second-order valence-electron chi connectivity index (χ2n) is 8.51. The molecule has 0 N–H and O–H groups in total. The molecule has 5 rings (SSSR count). The van der Waals surface area contributed by atoms with E-state index in [4.69, 9.17) is 0 Å². The minimum absolute atomic E-state index is 0.00412.